The van der Waals surface area contributed by atoms with E-state index >= 15 is 0 Å². The van der Waals surface area contributed by atoms with Crippen LogP contribution in [0.1, 0.15) is 25.8 Å². The number of hydrogen-bond acceptors (Lipinski definition) is 3. The van der Waals surface area contributed by atoms with Crippen LogP contribution in [0.4, 0.5) is 8.78 Å². The molecule has 5 heteroatoms. The molecular formula is C13H13F2NO2. The molecule has 0 amide bonds. The third kappa shape index (κ3) is 2.39. The molecule has 2 rings (SSSR count). The van der Waals surface area contributed by atoms with E-state index < -0.39 is 23.6 Å². The van der Waals surface area contributed by atoms with Gasteiger partial charge in [0.2, 0.25) is 5.90 Å². The van der Waals surface area contributed by atoms with Crippen LogP contribution in [-0.4, -0.2) is 17.9 Å². The molecule has 1 aromatic carbocycles. The van der Waals surface area contributed by atoms with Gasteiger partial charge in [0.25, 0.3) is 0 Å². The van der Waals surface area contributed by atoms with Gasteiger partial charge in [0.15, 0.2) is 6.04 Å². The smallest absolute Gasteiger partial charge is 0.337 e. The molecule has 1 aliphatic heterocycles. The number of hydrogen-bond donors (Lipinski definition) is 0. The highest BCUT2D eigenvalue weighted by molar-refractivity contribution is 6.06. The Bertz CT molecular complexity index is 491. The van der Waals surface area contributed by atoms with Gasteiger partial charge in [-0.3, -0.25) is 0 Å². The maximum Gasteiger partial charge on any atom is 0.337 e. The quantitative estimate of drug-likeness (QED) is 0.777. The number of benzene rings is 1. The maximum atomic E-state index is 13.5. The van der Waals surface area contributed by atoms with Gasteiger partial charge in [0.05, 0.1) is 0 Å². The molecule has 0 aliphatic carbocycles. The first kappa shape index (κ1) is 12.7. The molecular weight excluding hydrogens is 240 g/mol. The topological polar surface area (TPSA) is 38.7 Å². The SMILES string of the molecule is CC(C)CC1N=C(c2c(F)cccc2F)OC1=O. The molecule has 3 nitrogen and oxygen atoms in total. The van der Waals surface area contributed by atoms with Gasteiger partial charge in [-0.25, -0.2) is 18.6 Å². The zero-order valence-electron chi connectivity index (χ0n) is 10.1. The van der Waals surface area contributed by atoms with Gasteiger partial charge in [-0.15, -0.1) is 0 Å². The summed E-state index contributed by atoms with van der Waals surface area (Å²) in [7, 11) is 0. The second-order valence-corrected chi connectivity index (χ2v) is 4.60. The number of halogens is 2. The first-order chi connectivity index (χ1) is 8.49. The number of nitrogens with zero attached hydrogens (tertiary/aromatic N) is 1. The molecule has 0 aromatic heterocycles. The molecule has 1 unspecified atom stereocenters. The largest absolute Gasteiger partial charge is 0.405 e. The summed E-state index contributed by atoms with van der Waals surface area (Å²) in [5, 5.41) is 0. The van der Waals surface area contributed by atoms with Crippen LogP contribution in [0.5, 0.6) is 0 Å². The van der Waals surface area contributed by atoms with Crippen molar-refractivity contribution >= 4 is 11.9 Å². The molecule has 1 aliphatic rings. The molecule has 1 heterocycles. The number of ether oxygens (including phenoxy) is 1. The van der Waals surface area contributed by atoms with Crippen molar-refractivity contribution in [3.8, 4) is 0 Å². The number of cyclic esters (lactones) is 1. The van der Waals surface area contributed by atoms with Gasteiger partial charge < -0.3 is 4.74 Å². The molecule has 1 aromatic rings. The predicted octanol–water partition coefficient (Wildman–Crippen LogP) is 2.68. The fourth-order valence-corrected chi connectivity index (χ4v) is 1.80. The van der Waals surface area contributed by atoms with Crippen molar-refractivity contribution in [2.24, 2.45) is 10.9 Å². The lowest BCUT2D eigenvalue weighted by molar-refractivity contribution is -0.135. The fourth-order valence-electron chi connectivity index (χ4n) is 1.80. The lowest BCUT2D eigenvalue weighted by Crippen LogP contribution is -2.17. The van der Waals surface area contributed by atoms with E-state index in [0.29, 0.717) is 6.42 Å². The molecule has 0 saturated carbocycles. The van der Waals surface area contributed by atoms with E-state index in [4.69, 9.17) is 4.74 Å². The van der Waals surface area contributed by atoms with E-state index in [-0.39, 0.29) is 17.4 Å². The Kier molecular flexibility index (Phi) is 3.41. The average Bonchev–Trinajstić information content (AvgIpc) is 2.59. The zero-order valence-corrected chi connectivity index (χ0v) is 10.1. The Morgan fingerprint density at radius 1 is 1.33 bits per heavy atom. The van der Waals surface area contributed by atoms with Gasteiger partial charge in [-0.2, -0.15) is 0 Å². The molecule has 18 heavy (non-hydrogen) atoms. The minimum Gasteiger partial charge on any atom is -0.405 e. The van der Waals surface area contributed by atoms with Crippen LogP contribution in [0.15, 0.2) is 23.2 Å². The molecule has 1 atom stereocenters. The van der Waals surface area contributed by atoms with Crippen LogP contribution >= 0.6 is 0 Å². The normalized spacial score (nSPS) is 19.1. The lowest BCUT2D eigenvalue weighted by atomic mass is 10.1. The fraction of sp³-hybridized carbons (Fsp3) is 0.385. The number of aliphatic imine (C=N–C) groups is 1. The second-order valence-electron chi connectivity index (χ2n) is 4.60. The Morgan fingerprint density at radius 2 is 1.94 bits per heavy atom. The Labute approximate surface area is 103 Å². The van der Waals surface area contributed by atoms with Crippen LogP contribution in [0, 0.1) is 17.6 Å². The Morgan fingerprint density at radius 3 is 2.50 bits per heavy atom. The highest BCUT2D eigenvalue weighted by Crippen LogP contribution is 2.22. The second kappa shape index (κ2) is 4.84. The zero-order chi connectivity index (χ0) is 13.3. The van der Waals surface area contributed by atoms with Crippen molar-refractivity contribution in [2.45, 2.75) is 26.3 Å². The van der Waals surface area contributed by atoms with Crippen LogP contribution in [0.3, 0.4) is 0 Å². The Balaban J connectivity index is 2.32. The first-order valence-corrected chi connectivity index (χ1v) is 5.73. The van der Waals surface area contributed by atoms with Crippen molar-refractivity contribution < 1.29 is 18.3 Å². The standard InChI is InChI=1S/C13H13F2NO2/c1-7(2)6-10-13(17)18-12(16-10)11-8(14)4-3-5-9(11)15/h3-5,7,10H,6H2,1-2H3. The van der Waals surface area contributed by atoms with Crippen molar-refractivity contribution in [3.63, 3.8) is 0 Å². The number of carbonyl (C=O) groups is 1. The minimum atomic E-state index is -0.785. The van der Waals surface area contributed by atoms with Gasteiger partial charge in [-0.05, 0) is 24.5 Å². The maximum absolute atomic E-state index is 13.5. The summed E-state index contributed by atoms with van der Waals surface area (Å²) in [6.07, 6.45) is 0.498. The highest BCUT2D eigenvalue weighted by atomic mass is 19.1. The van der Waals surface area contributed by atoms with E-state index in [9.17, 15) is 13.6 Å². The van der Waals surface area contributed by atoms with Crippen LogP contribution in [-0.2, 0) is 9.53 Å². The molecule has 0 spiro atoms. The van der Waals surface area contributed by atoms with Crippen molar-refractivity contribution in [1.82, 2.24) is 0 Å². The van der Waals surface area contributed by atoms with Gasteiger partial charge >= 0.3 is 5.97 Å². The Hall–Kier alpha value is -1.78. The monoisotopic (exact) mass is 253 g/mol. The average molecular weight is 253 g/mol. The molecule has 0 N–H and O–H groups in total. The van der Waals surface area contributed by atoms with Gasteiger partial charge in [0, 0.05) is 0 Å². The third-order valence-corrected chi connectivity index (χ3v) is 2.61. The first-order valence-electron chi connectivity index (χ1n) is 5.73. The number of carbonyl (C=O) groups excluding carboxylic acids is 1. The van der Waals surface area contributed by atoms with Crippen LogP contribution < -0.4 is 0 Å². The lowest BCUT2D eigenvalue weighted by Gasteiger charge is -2.05. The van der Waals surface area contributed by atoms with Crippen molar-refractivity contribution in [3.05, 3.63) is 35.4 Å². The summed E-state index contributed by atoms with van der Waals surface area (Å²) in [5.41, 5.74) is -0.378. The van der Waals surface area contributed by atoms with Crippen LogP contribution in [0.25, 0.3) is 0 Å². The summed E-state index contributed by atoms with van der Waals surface area (Å²) in [5.74, 6) is -2.14. The predicted molar refractivity (Wildman–Crippen MR) is 62.2 cm³/mol. The van der Waals surface area contributed by atoms with E-state index in [1.807, 2.05) is 13.8 Å². The molecule has 0 bridgehead atoms. The summed E-state index contributed by atoms with van der Waals surface area (Å²) in [6.45, 7) is 3.87. The third-order valence-electron chi connectivity index (χ3n) is 2.61. The molecule has 0 saturated heterocycles. The summed E-state index contributed by atoms with van der Waals surface area (Å²) < 4.78 is 31.9. The summed E-state index contributed by atoms with van der Waals surface area (Å²) >= 11 is 0. The molecule has 0 fully saturated rings. The summed E-state index contributed by atoms with van der Waals surface area (Å²) in [4.78, 5) is 15.5. The van der Waals surface area contributed by atoms with Gasteiger partial charge in [-0.1, -0.05) is 19.9 Å². The van der Waals surface area contributed by atoms with Gasteiger partial charge in [0.1, 0.15) is 17.2 Å². The minimum absolute atomic E-state index is 0.246. The summed E-state index contributed by atoms with van der Waals surface area (Å²) in [6, 6.07) is 2.78. The van der Waals surface area contributed by atoms with Crippen LogP contribution in [0.2, 0.25) is 0 Å². The number of rotatable bonds is 3. The molecule has 0 radical (unpaired) electrons. The van der Waals surface area contributed by atoms with E-state index in [0.717, 1.165) is 12.1 Å². The van der Waals surface area contributed by atoms with Crippen molar-refractivity contribution in [2.75, 3.05) is 0 Å². The van der Waals surface area contributed by atoms with E-state index in [1.54, 1.807) is 0 Å². The number of esters is 1. The van der Waals surface area contributed by atoms with Crippen molar-refractivity contribution in [1.29, 1.82) is 0 Å². The molecule has 96 valence electrons. The van der Waals surface area contributed by atoms with E-state index in [2.05, 4.69) is 4.99 Å². The highest BCUT2D eigenvalue weighted by Gasteiger charge is 2.32. The van der Waals surface area contributed by atoms with E-state index in [1.165, 1.54) is 6.07 Å².